The molecule has 2 saturated heterocycles. The van der Waals surface area contributed by atoms with E-state index in [1.807, 2.05) is 6.92 Å². The molecule has 82 valence electrons. The van der Waals surface area contributed by atoms with Crippen molar-refractivity contribution in [2.45, 2.75) is 49.5 Å². The molecule has 0 N–H and O–H groups in total. The van der Waals surface area contributed by atoms with Crippen LogP contribution in [0.2, 0.25) is 0 Å². The van der Waals surface area contributed by atoms with Crippen LogP contribution in [0.4, 0.5) is 5.13 Å². The number of halogens is 1. The summed E-state index contributed by atoms with van der Waals surface area (Å²) in [5.41, 5.74) is 0. The van der Waals surface area contributed by atoms with Gasteiger partial charge in [0.05, 0.1) is 0 Å². The molecule has 2 bridgehead atoms. The molecule has 3 nitrogen and oxygen atoms in total. The summed E-state index contributed by atoms with van der Waals surface area (Å²) in [6.07, 6.45) is 5.17. The first-order chi connectivity index (χ1) is 7.24. The van der Waals surface area contributed by atoms with Crippen LogP contribution in [0.5, 0.6) is 0 Å². The Kier molecular flexibility index (Phi) is 2.47. The second-order valence-electron chi connectivity index (χ2n) is 4.49. The van der Waals surface area contributed by atoms with E-state index in [1.165, 1.54) is 25.7 Å². The summed E-state index contributed by atoms with van der Waals surface area (Å²) >= 11 is 5.31. The number of aryl methyl sites for hydroxylation is 1. The van der Waals surface area contributed by atoms with Gasteiger partial charge in [-0.05, 0) is 32.6 Å². The van der Waals surface area contributed by atoms with Crippen molar-refractivity contribution in [2.75, 3.05) is 4.90 Å². The first-order valence-corrected chi connectivity index (χ1v) is 7.15. The number of alkyl halides is 1. The second kappa shape index (κ2) is 3.70. The van der Waals surface area contributed by atoms with Gasteiger partial charge in [-0.3, -0.25) is 0 Å². The molecule has 0 radical (unpaired) electrons. The van der Waals surface area contributed by atoms with Gasteiger partial charge in [-0.25, -0.2) is 4.98 Å². The third kappa shape index (κ3) is 1.69. The molecule has 0 aliphatic carbocycles. The first-order valence-electron chi connectivity index (χ1n) is 5.47. The molecule has 3 heterocycles. The molecule has 2 atom stereocenters. The Bertz CT molecular complexity index is 353. The molecule has 0 aromatic carbocycles. The summed E-state index contributed by atoms with van der Waals surface area (Å²) in [5, 5.41) is 1.14. The minimum atomic E-state index is 0.695. The molecule has 0 saturated carbocycles. The predicted molar refractivity (Wildman–Crippen MR) is 65.9 cm³/mol. The number of aromatic nitrogens is 2. The van der Waals surface area contributed by atoms with Crippen LogP contribution in [0.15, 0.2) is 0 Å². The highest BCUT2D eigenvalue weighted by Crippen LogP contribution is 2.41. The van der Waals surface area contributed by atoms with E-state index in [4.69, 9.17) is 0 Å². The van der Waals surface area contributed by atoms with Crippen molar-refractivity contribution in [3.05, 3.63) is 5.82 Å². The summed E-state index contributed by atoms with van der Waals surface area (Å²) in [5.74, 6) is 0.912. The van der Waals surface area contributed by atoms with Gasteiger partial charge >= 0.3 is 0 Å². The largest absolute Gasteiger partial charge is 0.341 e. The maximum atomic E-state index is 4.52. The monoisotopic (exact) mass is 287 g/mol. The molecule has 2 aliphatic heterocycles. The number of hydrogen-bond donors (Lipinski definition) is 0. The van der Waals surface area contributed by atoms with Crippen LogP contribution in [0.25, 0.3) is 0 Å². The van der Waals surface area contributed by atoms with Crippen molar-refractivity contribution in [1.82, 2.24) is 9.36 Å². The average molecular weight is 288 g/mol. The number of nitrogens with zero attached hydrogens (tertiary/aromatic N) is 3. The number of fused-ring (bicyclic) bond motifs is 2. The topological polar surface area (TPSA) is 29.0 Å². The molecular weight excluding hydrogens is 274 g/mol. The Labute approximate surface area is 102 Å². The van der Waals surface area contributed by atoms with Crippen molar-refractivity contribution in [2.24, 2.45) is 0 Å². The number of anilines is 1. The molecule has 2 aliphatic rings. The quantitative estimate of drug-likeness (QED) is 0.744. The van der Waals surface area contributed by atoms with Crippen molar-refractivity contribution in [1.29, 1.82) is 0 Å². The van der Waals surface area contributed by atoms with Gasteiger partial charge in [-0.1, -0.05) is 15.9 Å². The summed E-state index contributed by atoms with van der Waals surface area (Å²) in [6, 6.07) is 1.39. The van der Waals surface area contributed by atoms with Gasteiger partial charge in [0.1, 0.15) is 5.82 Å². The highest BCUT2D eigenvalue weighted by atomic mass is 79.9. The molecule has 0 spiro atoms. The lowest BCUT2D eigenvalue weighted by atomic mass is 10.0. The normalized spacial score (nSPS) is 34.8. The van der Waals surface area contributed by atoms with E-state index in [0.29, 0.717) is 16.9 Å². The summed E-state index contributed by atoms with van der Waals surface area (Å²) < 4.78 is 4.28. The van der Waals surface area contributed by atoms with Crippen LogP contribution in [-0.2, 0) is 0 Å². The van der Waals surface area contributed by atoms with Gasteiger partial charge in [0.2, 0.25) is 5.13 Å². The smallest absolute Gasteiger partial charge is 0.205 e. The molecular formula is C10H14BrN3S. The van der Waals surface area contributed by atoms with Gasteiger partial charge in [-0.15, -0.1) is 0 Å². The van der Waals surface area contributed by atoms with Gasteiger partial charge in [0, 0.05) is 28.4 Å². The molecule has 3 rings (SSSR count). The molecule has 2 unspecified atom stereocenters. The Balaban J connectivity index is 1.88. The van der Waals surface area contributed by atoms with E-state index >= 15 is 0 Å². The molecule has 1 aromatic rings. The van der Waals surface area contributed by atoms with E-state index in [1.54, 1.807) is 11.5 Å². The van der Waals surface area contributed by atoms with Crippen LogP contribution < -0.4 is 4.90 Å². The van der Waals surface area contributed by atoms with Crippen LogP contribution in [-0.4, -0.2) is 26.3 Å². The van der Waals surface area contributed by atoms with Crippen molar-refractivity contribution in [3.63, 3.8) is 0 Å². The second-order valence-corrected chi connectivity index (χ2v) is 6.51. The van der Waals surface area contributed by atoms with E-state index < -0.39 is 0 Å². The zero-order valence-electron chi connectivity index (χ0n) is 8.69. The van der Waals surface area contributed by atoms with Gasteiger partial charge in [0.15, 0.2) is 0 Å². The molecule has 0 amide bonds. The fourth-order valence-electron chi connectivity index (χ4n) is 2.81. The number of hydrogen-bond acceptors (Lipinski definition) is 4. The number of rotatable bonds is 1. The van der Waals surface area contributed by atoms with Gasteiger partial charge < -0.3 is 4.90 Å². The highest BCUT2D eigenvalue weighted by molar-refractivity contribution is 9.09. The predicted octanol–water partition coefficient (Wildman–Crippen LogP) is 2.74. The molecule has 15 heavy (non-hydrogen) atoms. The summed E-state index contributed by atoms with van der Waals surface area (Å²) in [4.78, 5) is 7.74. The van der Waals surface area contributed by atoms with E-state index in [2.05, 4.69) is 30.2 Å². The Morgan fingerprint density at radius 1 is 1.33 bits per heavy atom. The lowest BCUT2D eigenvalue weighted by molar-refractivity contribution is 0.482. The van der Waals surface area contributed by atoms with Crippen molar-refractivity contribution < 1.29 is 0 Å². The van der Waals surface area contributed by atoms with Gasteiger partial charge in [0.25, 0.3) is 0 Å². The molecule has 1 aromatic heterocycles. The maximum absolute atomic E-state index is 4.52. The molecule has 2 fully saturated rings. The third-order valence-electron chi connectivity index (χ3n) is 3.41. The van der Waals surface area contributed by atoms with Crippen LogP contribution in [0.1, 0.15) is 31.5 Å². The molecule has 5 heteroatoms. The van der Waals surface area contributed by atoms with Crippen LogP contribution in [0, 0.1) is 6.92 Å². The zero-order chi connectivity index (χ0) is 10.4. The van der Waals surface area contributed by atoms with E-state index in [9.17, 15) is 0 Å². The fraction of sp³-hybridized carbons (Fsp3) is 0.800. The van der Waals surface area contributed by atoms with E-state index in [-0.39, 0.29) is 0 Å². The number of piperidine rings is 1. The lowest BCUT2D eigenvalue weighted by Crippen LogP contribution is -2.43. The standard InChI is InChI=1S/C10H14BrN3S/c1-6-12-10(15-13-6)14-8-2-3-9(14)5-7(11)4-8/h7-9H,2-5H2,1H3. The Morgan fingerprint density at radius 2 is 2.00 bits per heavy atom. The Hall–Kier alpha value is -0.160. The average Bonchev–Trinajstić information content (AvgIpc) is 2.69. The van der Waals surface area contributed by atoms with Gasteiger partial charge in [-0.2, -0.15) is 4.37 Å². The van der Waals surface area contributed by atoms with E-state index in [0.717, 1.165) is 11.0 Å². The summed E-state index contributed by atoms with van der Waals surface area (Å²) in [6.45, 7) is 1.97. The minimum absolute atomic E-state index is 0.695. The Morgan fingerprint density at radius 3 is 2.53 bits per heavy atom. The fourth-order valence-corrected chi connectivity index (χ4v) is 4.50. The van der Waals surface area contributed by atoms with Crippen molar-refractivity contribution >= 4 is 32.6 Å². The lowest BCUT2D eigenvalue weighted by Gasteiger charge is -2.36. The van der Waals surface area contributed by atoms with Crippen LogP contribution in [0.3, 0.4) is 0 Å². The summed E-state index contributed by atoms with van der Waals surface area (Å²) in [7, 11) is 0. The SMILES string of the molecule is Cc1nsc(N2C3CCC2CC(Br)C3)n1. The van der Waals surface area contributed by atoms with Crippen molar-refractivity contribution in [3.8, 4) is 0 Å². The maximum Gasteiger partial charge on any atom is 0.205 e. The van der Waals surface area contributed by atoms with Crippen LogP contribution >= 0.6 is 27.5 Å². The first kappa shape index (κ1) is 10.0. The zero-order valence-corrected chi connectivity index (χ0v) is 11.1. The third-order valence-corrected chi connectivity index (χ3v) is 4.98. The minimum Gasteiger partial charge on any atom is -0.341 e. The highest BCUT2D eigenvalue weighted by Gasteiger charge is 2.41.